The van der Waals surface area contributed by atoms with E-state index >= 15 is 0 Å². The second-order valence-electron chi connectivity index (χ2n) is 6.24. The Morgan fingerprint density at radius 2 is 1.95 bits per heavy atom. The minimum Gasteiger partial charge on any atom is -0.324 e. The maximum absolute atomic E-state index is 6.15. The summed E-state index contributed by atoms with van der Waals surface area (Å²) in [5, 5.41) is 0. The average molecular weight is 403 g/mol. The van der Waals surface area contributed by atoms with Gasteiger partial charge in [0, 0.05) is 9.61 Å². The van der Waals surface area contributed by atoms with Crippen LogP contribution >= 0.6 is 34.2 Å². The Hall–Kier alpha value is -0.290. The molecule has 0 aliphatic heterocycles. The summed E-state index contributed by atoms with van der Waals surface area (Å²) >= 11 is 8.49. The predicted molar refractivity (Wildman–Crippen MR) is 93.2 cm³/mol. The molecule has 1 aliphatic carbocycles. The molecule has 0 radical (unpaired) electrons. The molecule has 2 unspecified atom stereocenters. The van der Waals surface area contributed by atoms with E-state index in [9.17, 15) is 0 Å². The zero-order chi connectivity index (χ0) is 14.3. The molecule has 1 saturated carbocycles. The highest BCUT2D eigenvalue weighted by molar-refractivity contribution is 14.1. The van der Waals surface area contributed by atoms with Gasteiger partial charge in [-0.15, -0.1) is 11.6 Å². The molecule has 0 amide bonds. The van der Waals surface area contributed by atoms with Crippen LogP contribution in [0.5, 0.6) is 0 Å². The van der Waals surface area contributed by atoms with Gasteiger partial charge in [-0.05, 0) is 71.9 Å². The fraction of sp³-hybridized carbons (Fsp3) is 0.562. The van der Waals surface area contributed by atoms with Crippen molar-refractivity contribution in [3.63, 3.8) is 0 Å². The van der Waals surface area contributed by atoms with Crippen LogP contribution in [0.25, 0.3) is 11.0 Å². The second kappa shape index (κ2) is 5.84. The van der Waals surface area contributed by atoms with Crippen molar-refractivity contribution in [3.8, 4) is 0 Å². The van der Waals surface area contributed by atoms with Crippen molar-refractivity contribution in [3.05, 3.63) is 27.6 Å². The van der Waals surface area contributed by atoms with Gasteiger partial charge in [0.05, 0.1) is 16.9 Å². The van der Waals surface area contributed by atoms with Crippen LogP contribution in [0, 0.1) is 15.4 Å². The lowest BCUT2D eigenvalue weighted by Gasteiger charge is -2.33. The predicted octanol–water partition coefficient (Wildman–Crippen LogP) is 5.38. The van der Waals surface area contributed by atoms with Crippen LogP contribution in [0.1, 0.15) is 45.0 Å². The Morgan fingerprint density at radius 3 is 2.60 bits per heavy atom. The van der Waals surface area contributed by atoms with Gasteiger partial charge >= 0.3 is 0 Å². The van der Waals surface area contributed by atoms with Crippen LogP contribution in [0.3, 0.4) is 0 Å². The molecule has 108 valence electrons. The van der Waals surface area contributed by atoms with Gasteiger partial charge in [-0.25, -0.2) is 4.98 Å². The molecule has 0 bridgehead atoms. The van der Waals surface area contributed by atoms with Gasteiger partial charge in [0.15, 0.2) is 0 Å². The number of halogens is 2. The highest BCUT2D eigenvalue weighted by Crippen LogP contribution is 2.38. The van der Waals surface area contributed by atoms with Crippen LogP contribution < -0.4 is 0 Å². The molecule has 4 heteroatoms. The van der Waals surface area contributed by atoms with Gasteiger partial charge in [-0.2, -0.15) is 0 Å². The molecule has 1 aromatic heterocycles. The molecule has 2 atom stereocenters. The zero-order valence-electron chi connectivity index (χ0n) is 11.9. The molecule has 1 fully saturated rings. The largest absolute Gasteiger partial charge is 0.324 e. The minimum atomic E-state index is 0.491. The van der Waals surface area contributed by atoms with Crippen LogP contribution in [-0.4, -0.2) is 9.55 Å². The molecular formula is C16H20ClIN2. The van der Waals surface area contributed by atoms with Crippen molar-refractivity contribution in [1.82, 2.24) is 9.55 Å². The van der Waals surface area contributed by atoms with E-state index in [2.05, 4.69) is 59.2 Å². The maximum Gasteiger partial charge on any atom is 0.125 e. The number of rotatable bonds is 2. The Bertz CT molecular complexity index is 612. The summed E-state index contributed by atoms with van der Waals surface area (Å²) in [5.74, 6) is 3.08. The quantitative estimate of drug-likeness (QED) is 0.487. The van der Waals surface area contributed by atoms with E-state index in [1.165, 1.54) is 28.3 Å². The lowest BCUT2D eigenvalue weighted by molar-refractivity contribution is 0.222. The molecule has 0 N–H and O–H groups in total. The number of hydrogen-bond donors (Lipinski definition) is 0. The van der Waals surface area contributed by atoms with E-state index in [4.69, 9.17) is 16.6 Å². The lowest BCUT2D eigenvalue weighted by Crippen LogP contribution is -2.23. The second-order valence-corrected chi connectivity index (χ2v) is 7.75. The normalized spacial score (nSPS) is 27.1. The van der Waals surface area contributed by atoms with Crippen molar-refractivity contribution >= 4 is 45.2 Å². The third-order valence-electron chi connectivity index (χ3n) is 4.36. The number of alkyl halides is 1. The first-order chi connectivity index (χ1) is 9.58. The van der Waals surface area contributed by atoms with Gasteiger partial charge in [-0.1, -0.05) is 13.8 Å². The van der Waals surface area contributed by atoms with Crippen molar-refractivity contribution in [2.75, 3.05) is 0 Å². The van der Waals surface area contributed by atoms with Crippen LogP contribution in [0.15, 0.2) is 18.2 Å². The summed E-state index contributed by atoms with van der Waals surface area (Å²) < 4.78 is 3.64. The fourth-order valence-corrected chi connectivity index (χ4v) is 4.40. The van der Waals surface area contributed by atoms with Gasteiger partial charge in [0.1, 0.15) is 5.82 Å². The van der Waals surface area contributed by atoms with Crippen molar-refractivity contribution in [1.29, 1.82) is 0 Å². The summed E-state index contributed by atoms with van der Waals surface area (Å²) in [6, 6.07) is 7.06. The first-order valence-electron chi connectivity index (χ1n) is 7.30. The van der Waals surface area contributed by atoms with Crippen molar-refractivity contribution < 1.29 is 0 Å². The minimum absolute atomic E-state index is 0.491. The summed E-state index contributed by atoms with van der Waals surface area (Å²) in [6.45, 7) is 4.73. The lowest BCUT2D eigenvalue weighted by atomic mass is 9.80. The standard InChI is InChI=1S/C16H20ClIN2/c1-10-5-11(2)7-13(6-10)20-15-4-3-12(18)8-14(15)19-16(20)9-17/h3-4,8,10-11,13H,5-7,9H2,1-2H3. The zero-order valence-corrected chi connectivity index (χ0v) is 14.9. The third-order valence-corrected chi connectivity index (χ3v) is 5.27. The van der Waals surface area contributed by atoms with Crippen LogP contribution in [0.2, 0.25) is 0 Å². The molecule has 1 aromatic carbocycles. The number of nitrogens with zero attached hydrogens (tertiary/aromatic N) is 2. The molecule has 2 aromatic rings. The Kier molecular flexibility index (Phi) is 4.27. The van der Waals surface area contributed by atoms with E-state index in [1.54, 1.807) is 0 Å². The third kappa shape index (κ3) is 2.71. The first-order valence-corrected chi connectivity index (χ1v) is 8.92. The number of imidazole rings is 1. The van der Waals surface area contributed by atoms with Gasteiger partial charge < -0.3 is 4.57 Å². The summed E-state index contributed by atoms with van der Waals surface area (Å²) in [7, 11) is 0. The molecule has 2 nitrogen and oxygen atoms in total. The van der Waals surface area contributed by atoms with Crippen LogP contribution in [0.4, 0.5) is 0 Å². The van der Waals surface area contributed by atoms with E-state index in [0.717, 1.165) is 23.2 Å². The van der Waals surface area contributed by atoms with E-state index in [0.29, 0.717) is 11.9 Å². The van der Waals surface area contributed by atoms with E-state index < -0.39 is 0 Å². The van der Waals surface area contributed by atoms with E-state index in [-0.39, 0.29) is 0 Å². The number of hydrogen-bond acceptors (Lipinski definition) is 1. The highest BCUT2D eigenvalue weighted by atomic mass is 127. The number of fused-ring (bicyclic) bond motifs is 1. The SMILES string of the molecule is CC1CC(C)CC(n2c(CCl)nc3cc(I)ccc32)C1. The Balaban J connectivity index is 2.09. The Labute approximate surface area is 139 Å². The van der Waals surface area contributed by atoms with Crippen LogP contribution in [-0.2, 0) is 5.88 Å². The van der Waals surface area contributed by atoms with Crippen molar-refractivity contribution in [2.45, 2.75) is 45.0 Å². The monoisotopic (exact) mass is 402 g/mol. The summed E-state index contributed by atoms with van der Waals surface area (Å²) in [4.78, 5) is 4.74. The molecular weight excluding hydrogens is 383 g/mol. The number of benzene rings is 1. The molecule has 20 heavy (non-hydrogen) atoms. The molecule has 0 spiro atoms. The van der Waals surface area contributed by atoms with E-state index in [1.807, 2.05) is 0 Å². The number of aromatic nitrogens is 2. The van der Waals surface area contributed by atoms with Gasteiger partial charge in [0.25, 0.3) is 0 Å². The summed E-state index contributed by atoms with van der Waals surface area (Å²) in [6.07, 6.45) is 3.83. The summed E-state index contributed by atoms with van der Waals surface area (Å²) in [5.41, 5.74) is 2.32. The fourth-order valence-electron chi connectivity index (χ4n) is 3.74. The Morgan fingerprint density at radius 1 is 1.25 bits per heavy atom. The smallest absolute Gasteiger partial charge is 0.125 e. The molecule has 1 heterocycles. The highest BCUT2D eigenvalue weighted by Gasteiger charge is 2.27. The average Bonchev–Trinajstić information content (AvgIpc) is 2.74. The maximum atomic E-state index is 6.15. The van der Waals surface area contributed by atoms with Gasteiger partial charge in [-0.3, -0.25) is 0 Å². The molecule has 1 aliphatic rings. The van der Waals surface area contributed by atoms with Crippen molar-refractivity contribution in [2.24, 2.45) is 11.8 Å². The van der Waals surface area contributed by atoms with Gasteiger partial charge in [0.2, 0.25) is 0 Å². The molecule has 3 rings (SSSR count). The molecule has 0 saturated heterocycles. The topological polar surface area (TPSA) is 17.8 Å². The first kappa shape index (κ1) is 14.6.